The van der Waals surface area contributed by atoms with E-state index in [0.717, 1.165) is 25.3 Å². The third kappa shape index (κ3) is 5.16. The van der Waals surface area contributed by atoms with Gasteiger partial charge in [-0.1, -0.05) is 6.92 Å². The largest absolute Gasteiger partial charge is 0.352 e. The average molecular weight is 385 g/mol. The molecule has 1 saturated heterocycles. The van der Waals surface area contributed by atoms with Crippen molar-refractivity contribution < 1.29 is 9.72 Å². The Bertz CT molecular complexity index is 806. The lowest BCUT2D eigenvalue weighted by molar-refractivity contribution is -0.384. The van der Waals surface area contributed by atoms with Crippen LogP contribution in [0.4, 0.5) is 5.69 Å². The van der Waals surface area contributed by atoms with Gasteiger partial charge in [0.15, 0.2) is 0 Å². The van der Waals surface area contributed by atoms with Crippen molar-refractivity contribution in [2.24, 2.45) is 5.92 Å². The van der Waals surface area contributed by atoms with Crippen molar-refractivity contribution in [1.82, 2.24) is 19.8 Å². The van der Waals surface area contributed by atoms with Crippen molar-refractivity contribution in [3.8, 4) is 5.69 Å². The molecule has 1 aromatic heterocycles. The Kier molecular flexibility index (Phi) is 6.76. The van der Waals surface area contributed by atoms with E-state index >= 15 is 0 Å². The summed E-state index contributed by atoms with van der Waals surface area (Å²) in [5.41, 5.74) is 0.556. The number of nitro benzene ring substituents is 1. The van der Waals surface area contributed by atoms with Crippen LogP contribution < -0.4 is 5.32 Å². The smallest absolute Gasteiger partial charge is 0.294 e. The summed E-state index contributed by atoms with van der Waals surface area (Å²) in [5, 5.41) is 14.3. The fourth-order valence-electron chi connectivity index (χ4n) is 3.69. The summed E-state index contributed by atoms with van der Waals surface area (Å²) < 4.78 is 1.56. The second kappa shape index (κ2) is 9.45. The molecule has 1 aromatic carbocycles. The second-order valence-electron chi connectivity index (χ2n) is 7.44. The molecule has 150 valence electrons. The molecule has 1 aliphatic heterocycles. The van der Waals surface area contributed by atoms with Crippen LogP contribution in [0.15, 0.2) is 36.9 Å². The fourth-order valence-corrected chi connectivity index (χ4v) is 3.69. The molecule has 1 aliphatic rings. The van der Waals surface area contributed by atoms with Crippen molar-refractivity contribution in [3.05, 3.63) is 52.6 Å². The van der Waals surface area contributed by atoms with Gasteiger partial charge in [-0.3, -0.25) is 14.9 Å². The van der Waals surface area contributed by atoms with Gasteiger partial charge in [-0.15, -0.1) is 0 Å². The molecule has 0 bridgehead atoms. The summed E-state index contributed by atoms with van der Waals surface area (Å²) in [6.07, 6.45) is 9.19. The lowest BCUT2D eigenvalue weighted by Gasteiger charge is -2.30. The van der Waals surface area contributed by atoms with Crippen molar-refractivity contribution in [2.75, 3.05) is 26.2 Å². The van der Waals surface area contributed by atoms with E-state index < -0.39 is 4.92 Å². The Morgan fingerprint density at radius 2 is 2.25 bits per heavy atom. The number of unbranched alkanes of at least 4 members (excludes halogenated alkanes) is 1. The monoisotopic (exact) mass is 385 g/mol. The number of aromatic nitrogens is 2. The molecule has 1 unspecified atom stereocenters. The highest BCUT2D eigenvalue weighted by atomic mass is 16.6. The van der Waals surface area contributed by atoms with E-state index in [1.165, 1.54) is 38.3 Å². The number of hydrogen-bond donors (Lipinski definition) is 1. The van der Waals surface area contributed by atoms with Crippen LogP contribution in [0.1, 0.15) is 43.0 Å². The maximum atomic E-state index is 12.4. The third-order valence-corrected chi connectivity index (χ3v) is 5.14. The van der Waals surface area contributed by atoms with E-state index in [9.17, 15) is 14.9 Å². The predicted molar refractivity (Wildman–Crippen MR) is 107 cm³/mol. The first-order valence-corrected chi connectivity index (χ1v) is 9.82. The third-order valence-electron chi connectivity index (χ3n) is 5.14. The van der Waals surface area contributed by atoms with Crippen LogP contribution in [-0.4, -0.2) is 51.5 Å². The predicted octanol–water partition coefficient (Wildman–Crippen LogP) is 3.02. The van der Waals surface area contributed by atoms with Gasteiger partial charge in [0.1, 0.15) is 5.69 Å². The van der Waals surface area contributed by atoms with Gasteiger partial charge in [-0.25, -0.2) is 4.98 Å². The average Bonchev–Trinajstić information content (AvgIpc) is 3.21. The molecule has 1 fully saturated rings. The summed E-state index contributed by atoms with van der Waals surface area (Å²) in [6.45, 7) is 6.26. The number of carbonyl (C=O) groups excluding carboxylic acids is 1. The minimum Gasteiger partial charge on any atom is -0.352 e. The molecule has 0 spiro atoms. The molecule has 8 nitrogen and oxygen atoms in total. The Morgan fingerprint density at radius 1 is 1.39 bits per heavy atom. The number of amides is 1. The van der Waals surface area contributed by atoms with Crippen molar-refractivity contribution in [1.29, 1.82) is 0 Å². The van der Waals surface area contributed by atoms with Gasteiger partial charge in [0.25, 0.3) is 11.6 Å². The summed E-state index contributed by atoms with van der Waals surface area (Å²) in [6, 6.07) is 4.50. The van der Waals surface area contributed by atoms with Gasteiger partial charge < -0.3 is 14.8 Å². The molecular formula is C20H27N5O3. The molecule has 0 aliphatic carbocycles. The molecule has 0 saturated carbocycles. The van der Waals surface area contributed by atoms with Crippen LogP contribution in [0.3, 0.4) is 0 Å². The Hall–Kier alpha value is -2.74. The number of benzene rings is 1. The van der Waals surface area contributed by atoms with Gasteiger partial charge in [0.05, 0.1) is 11.3 Å². The number of hydrogen-bond acceptors (Lipinski definition) is 5. The maximum Gasteiger partial charge on any atom is 0.294 e. The molecule has 1 atom stereocenters. The highest BCUT2D eigenvalue weighted by Crippen LogP contribution is 2.24. The van der Waals surface area contributed by atoms with E-state index in [-0.39, 0.29) is 11.6 Å². The van der Waals surface area contributed by atoms with Gasteiger partial charge in [-0.05, 0) is 56.8 Å². The topological polar surface area (TPSA) is 93.3 Å². The van der Waals surface area contributed by atoms with Crippen LogP contribution >= 0.6 is 0 Å². The zero-order valence-electron chi connectivity index (χ0n) is 16.2. The highest BCUT2D eigenvalue weighted by molar-refractivity contribution is 5.95. The molecular weight excluding hydrogens is 358 g/mol. The fraction of sp³-hybridized carbons (Fsp3) is 0.500. The van der Waals surface area contributed by atoms with Gasteiger partial charge >= 0.3 is 0 Å². The van der Waals surface area contributed by atoms with E-state index in [4.69, 9.17) is 0 Å². The number of nitrogens with one attached hydrogen (secondary N) is 1. The van der Waals surface area contributed by atoms with E-state index in [1.807, 2.05) is 0 Å². The van der Waals surface area contributed by atoms with E-state index in [2.05, 4.69) is 22.1 Å². The van der Waals surface area contributed by atoms with Gasteiger partial charge in [0, 0.05) is 37.1 Å². The first-order valence-electron chi connectivity index (χ1n) is 9.82. The van der Waals surface area contributed by atoms with Crippen LogP contribution in [-0.2, 0) is 0 Å². The summed E-state index contributed by atoms with van der Waals surface area (Å²) in [5.74, 6) is 0.487. The number of imidazole rings is 1. The van der Waals surface area contributed by atoms with Crippen molar-refractivity contribution in [3.63, 3.8) is 0 Å². The van der Waals surface area contributed by atoms with Crippen molar-refractivity contribution in [2.45, 2.75) is 32.6 Å². The van der Waals surface area contributed by atoms with E-state index in [0.29, 0.717) is 17.8 Å². The summed E-state index contributed by atoms with van der Waals surface area (Å²) in [7, 11) is 0. The summed E-state index contributed by atoms with van der Waals surface area (Å²) in [4.78, 5) is 29.7. The quantitative estimate of drug-likeness (QED) is 0.428. The van der Waals surface area contributed by atoms with Crippen LogP contribution in [0.5, 0.6) is 0 Å². The Labute approximate surface area is 164 Å². The zero-order valence-corrected chi connectivity index (χ0v) is 16.2. The molecule has 2 aromatic rings. The lowest BCUT2D eigenvalue weighted by Crippen LogP contribution is -2.35. The second-order valence-corrected chi connectivity index (χ2v) is 7.44. The highest BCUT2D eigenvalue weighted by Gasteiger charge is 2.19. The Balaban J connectivity index is 1.50. The van der Waals surface area contributed by atoms with Crippen LogP contribution in [0.25, 0.3) is 5.69 Å². The SMILES string of the molecule is CC1CCCN(CCCCNC(=O)c2ccc(-n3ccnc3)c([N+](=O)[O-])c2)C1. The number of likely N-dealkylation sites (tertiary alicyclic amines) is 1. The molecule has 28 heavy (non-hydrogen) atoms. The zero-order chi connectivity index (χ0) is 19.9. The molecule has 3 rings (SSSR count). The minimum atomic E-state index is -0.480. The van der Waals surface area contributed by atoms with Gasteiger partial charge in [0.2, 0.25) is 0 Å². The number of rotatable bonds is 8. The minimum absolute atomic E-state index is 0.120. The molecule has 1 N–H and O–H groups in total. The number of nitro groups is 1. The number of carbonyl (C=O) groups is 1. The first-order chi connectivity index (χ1) is 13.5. The standard InChI is InChI=1S/C20H27N5O3/c1-16-5-4-11-23(14-16)10-3-2-8-22-20(26)17-6-7-18(19(13-17)25(27)28)24-12-9-21-15-24/h6-7,9,12-13,15-16H,2-5,8,10-11,14H2,1H3,(H,22,26). The molecule has 0 radical (unpaired) electrons. The van der Waals surface area contributed by atoms with Crippen LogP contribution in [0.2, 0.25) is 0 Å². The maximum absolute atomic E-state index is 12.4. The first kappa shape index (κ1) is 20.0. The van der Waals surface area contributed by atoms with Gasteiger partial charge in [-0.2, -0.15) is 0 Å². The normalized spacial score (nSPS) is 17.4. The molecule has 1 amide bonds. The number of piperidine rings is 1. The molecule has 8 heteroatoms. The van der Waals surface area contributed by atoms with Crippen LogP contribution in [0, 0.1) is 16.0 Å². The Morgan fingerprint density at radius 3 is 2.96 bits per heavy atom. The molecule has 2 heterocycles. The van der Waals surface area contributed by atoms with E-state index in [1.54, 1.807) is 29.1 Å². The number of nitrogens with zero attached hydrogens (tertiary/aromatic N) is 4. The van der Waals surface area contributed by atoms with Crippen molar-refractivity contribution >= 4 is 11.6 Å². The summed E-state index contributed by atoms with van der Waals surface area (Å²) >= 11 is 0. The lowest BCUT2D eigenvalue weighted by atomic mass is 10.0.